The minimum atomic E-state index is 0.665. The number of hydrogen-bond donors (Lipinski definition) is 2. The van der Waals surface area contributed by atoms with Crippen molar-refractivity contribution in [2.24, 2.45) is 4.99 Å². The summed E-state index contributed by atoms with van der Waals surface area (Å²) < 4.78 is 0. The minimum Gasteiger partial charge on any atom is -0.356 e. The summed E-state index contributed by atoms with van der Waals surface area (Å²) in [6.45, 7) is 5.68. The number of nitrogens with one attached hydrogen (secondary N) is 2. The minimum absolute atomic E-state index is 0.665. The monoisotopic (exact) mass is 448 g/mol. The average Bonchev–Trinajstić information content (AvgIpc) is 2.75. The van der Waals surface area contributed by atoms with Crippen molar-refractivity contribution in [3.05, 3.63) is 57.7 Å². The number of aromatic nitrogens is 1. The van der Waals surface area contributed by atoms with Crippen LogP contribution in [0.3, 0.4) is 0 Å². The first-order chi connectivity index (χ1) is 14.5. The molecule has 30 heavy (non-hydrogen) atoms. The number of piperazine rings is 1. The van der Waals surface area contributed by atoms with Crippen LogP contribution in [0, 0.1) is 0 Å². The van der Waals surface area contributed by atoms with E-state index in [1.165, 1.54) is 5.56 Å². The molecule has 8 heteroatoms. The Kier molecular flexibility index (Phi) is 8.61. The molecule has 0 bridgehead atoms. The van der Waals surface area contributed by atoms with Gasteiger partial charge in [-0.1, -0.05) is 29.3 Å². The predicted molar refractivity (Wildman–Crippen MR) is 127 cm³/mol. The first-order valence-electron chi connectivity index (χ1n) is 10.3. The van der Waals surface area contributed by atoms with Crippen molar-refractivity contribution in [3.63, 3.8) is 0 Å². The van der Waals surface area contributed by atoms with Gasteiger partial charge in [-0.3, -0.25) is 4.99 Å². The van der Waals surface area contributed by atoms with Crippen LogP contribution in [0.5, 0.6) is 0 Å². The Balaban J connectivity index is 1.43. The fourth-order valence-corrected chi connectivity index (χ4v) is 3.90. The summed E-state index contributed by atoms with van der Waals surface area (Å²) in [7, 11) is 3.95. The van der Waals surface area contributed by atoms with Crippen LogP contribution in [0.1, 0.15) is 17.5 Å². The van der Waals surface area contributed by atoms with Gasteiger partial charge in [0.1, 0.15) is 5.82 Å². The fourth-order valence-electron chi connectivity index (χ4n) is 3.40. The van der Waals surface area contributed by atoms with E-state index in [-0.39, 0.29) is 0 Å². The third-order valence-corrected chi connectivity index (χ3v) is 5.84. The zero-order chi connectivity index (χ0) is 21.3. The molecule has 1 saturated heterocycles. The van der Waals surface area contributed by atoms with Crippen molar-refractivity contribution < 1.29 is 0 Å². The summed E-state index contributed by atoms with van der Waals surface area (Å²) in [6.07, 6.45) is 3.72. The van der Waals surface area contributed by atoms with Gasteiger partial charge in [0, 0.05) is 62.6 Å². The van der Waals surface area contributed by atoms with E-state index in [0.29, 0.717) is 11.6 Å². The van der Waals surface area contributed by atoms with Crippen LogP contribution in [-0.2, 0) is 13.0 Å². The number of aliphatic imine (C=N–C) groups is 1. The molecule has 3 rings (SSSR count). The molecule has 0 unspecified atom stereocenters. The number of anilines is 1. The van der Waals surface area contributed by atoms with E-state index >= 15 is 0 Å². The van der Waals surface area contributed by atoms with Gasteiger partial charge in [0.05, 0.1) is 0 Å². The Morgan fingerprint density at radius 2 is 1.90 bits per heavy atom. The van der Waals surface area contributed by atoms with Gasteiger partial charge in [0.15, 0.2) is 5.96 Å². The number of halogens is 2. The third-order valence-electron chi connectivity index (χ3n) is 5.25. The highest BCUT2D eigenvalue weighted by Crippen LogP contribution is 2.21. The summed E-state index contributed by atoms with van der Waals surface area (Å²) >= 11 is 12.2. The summed E-state index contributed by atoms with van der Waals surface area (Å²) in [5.74, 6) is 1.83. The van der Waals surface area contributed by atoms with Crippen molar-refractivity contribution >= 4 is 35.0 Å². The predicted octanol–water partition coefficient (Wildman–Crippen LogP) is 3.44. The Labute approximate surface area is 189 Å². The van der Waals surface area contributed by atoms with E-state index in [9.17, 15) is 0 Å². The second-order valence-electron chi connectivity index (χ2n) is 7.50. The smallest absolute Gasteiger partial charge is 0.191 e. The Bertz CT molecular complexity index is 849. The number of rotatable bonds is 7. The number of benzene rings is 1. The lowest BCUT2D eigenvalue weighted by Gasteiger charge is -2.33. The normalized spacial score (nSPS) is 15.3. The Morgan fingerprint density at radius 3 is 2.63 bits per heavy atom. The molecule has 2 heterocycles. The molecule has 1 aliphatic heterocycles. The fraction of sp³-hybridized carbons (Fsp3) is 0.455. The first-order valence-corrected chi connectivity index (χ1v) is 11.1. The van der Waals surface area contributed by atoms with E-state index in [0.717, 1.165) is 67.9 Å². The van der Waals surface area contributed by atoms with Crippen molar-refractivity contribution in [2.75, 3.05) is 51.7 Å². The van der Waals surface area contributed by atoms with E-state index in [1.807, 2.05) is 24.4 Å². The van der Waals surface area contributed by atoms with Crippen LogP contribution in [0.25, 0.3) is 0 Å². The largest absolute Gasteiger partial charge is 0.356 e. The van der Waals surface area contributed by atoms with Gasteiger partial charge >= 0.3 is 0 Å². The van der Waals surface area contributed by atoms with Crippen molar-refractivity contribution in [2.45, 2.75) is 19.4 Å². The van der Waals surface area contributed by atoms with Gasteiger partial charge in [-0.2, -0.15) is 0 Å². The molecule has 0 atom stereocenters. The summed E-state index contributed by atoms with van der Waals surface area (Å²) in [5, 5.41) is 8.13. The quantitative estimate of drug-likeness (QED) is 0.385. The molecule has 0 spiro atoms. The van der Waals surface area contributed by atoms with Crippen molar-refractivity contribution in [3.8, 4) is 0 Å². The van der Waals surface area contributed by atoms with E-state index in [1.54, 1.807) is 13.1 Å². The zero-order valence-corrected chi connectivity index (χ0v) is 19.2. The molecular formula is C22H30Cl2N6. The maximum absolute atomic E-state index is 6.24. The number of pyridine rings is 1. The van der Waals surface area contributed by atoms with E-state index in [4.69, 9.17) is 23.2 Å². The van der Waals surface area contributed by atoms with Gasteiger partial charge in [-0.25, -0.2) is 4.98 Å². The summed E-state index contributed by atoms with van der Waals surface area (Å²) in [6, 6.07) is 9.86. The molecule has 1 aromatic heterocycles. The van der Waals surface area contributed by atoms with Gasteiger partial charge in [0.2, 0.25) is 0 Å². The first kappa shape index (κ1) is 22.7. The molecule has 1 aromatic carbocycles. The molecule has 1 aliphatic rings. The number of likely N-dealkylation sites (N-methyl/N-ethyl adjacent to an activating group) is 1. The number of guanidine groups is 1. The SMILES string of the molecule is CN=C(NCCCc1ccc(Cl)cc1Cl)NCc1ccnc(N2CCN(C)CC2)c1. The molecular weight excluding hydrogens is 419 g/mol. The molecule has 0 radical (unpaired) electrons. The highest BCUT2D eigenvalue weighted by Gasteiger charge is 2.15. The van der Waals surface area contributed by atoms with Gasteiger partial charge < -0.3 is 20.4 Å². The number of aryl methyl sites for hydroxylation is 1. The standard InChI is InChI=1S/C22H30Cl2N6/c1-25-22(27-8-3-4-18-5-6-19(23)15-20(18)24)28-16-17-7-9-26-21(14-17)30-12-10-29(2)11-13-30/h5-7,9,14-15H,3-4,8,10-13,16H2,1-2H3,(H2,25,27,28). The zero-order valence-electron chi connectivity index (χ0n) is 17.7. The topological polar surface area (TPSA) is 55.8 Å². The lowest BCUT2D eigenvalue weighted by atomic mass is 10.1. The lowest BCUT2D eigenvalue weighted by molar-refractivity contribution is 0.312. The molecule has 162 valence electrons. The maximum atomic E-state index is 6.24. The van der Waals surface area contributed by atoms with Gasteiger partial charge in [0.25, 0.3) is 0 Å². The second kappa shape index (κ2) is 11.4. The molecule has 6 nitrogen and oxygen atoms in total. The van der Waals surface area contributed by atoms with Gasteiger partial charge in [-0.15, -0.1) is 0 Å². The van der Waals surface area contributed by atoms with E-state index in [2.05, 4.69) is 43.5 Å². The van der Waals surface area contributed by atoms with Crippen molar-refractivity contribution in [1.29, 1.82) is 0 Å². The van der Waals surface area contributed by atoms with Crippen LogP contribution >= 0.6 is 23.2 Å². The van der Waals surface area contributed by atoms with Crippen LogP contribution in [0.15, 0.2) is 41.5 Å². The van der Waals surface area contributed by atoms with Crippen LogP contribution in [0.4, 0.5) is 5.82 Å². The molecule has 0 amide bonds. The summed E-state index contributed by atoms with van der Waals surface area (Å²) in [5.41, 5.74) is 2.30. The molecule has 1 fully saturated rings. The van der Waals surface area contributed by atoms with Crippen LogP contribution in [-0.4, -0.2) is 62.7 Å². The highest BCUT2D eigenvalue weighted by atomic mass is 35.5. The Morgan fingerprint density at radius 1 is 1.10 bits per heavy atom. The van der Waals surface area contributed by atoms with E-state index < -0.39 is 0 Å². The second-order valence-corrected chi connectivity index (χ2v) is 8.35. The molecule has 0 saturated carbocycles. The van der Waals surface area contributed by atoms with Crippen LogP contribution < -0.4 is 15.5 Å². The van der Waals surface area contributed by atoms with Crippen molar-refractivity contribution in [1.82, 2.24) is 20.5 Å². The third kappa shape index (κ3) is 6.76. The molecule has 0 aliphatic carbocycles. The number of hydrogen-bond acceptors (Lipinski definition) is 4. The average molecular weight is 449 g/mol. The number of nitrogens with zero attached hydrogens (tertiary/aromatic N) is 4. The maximum Gasteiger partial charge on any atom is 0.191 e. The summed E-state index contributed by atoms with van der Waals surface area (Å²) in [4.78, 5) is 13.6. The van der Waals surface area contributed by atoms with Crippen LogP contribution in [0.2, 0.25) is 10.0 Å². The van der Waals surface area contributed by atoms with Gasteiger partial charge in [-0.05, 0) is 55.3 Å². The molecule has 2 aromatic rings. The Hall–Kier alpha value is -2.02. The molecule has 2 N–H and O–H groups in total. The highest BCUT2D eigenvalue weighted by molar-refractivity contribution is 6.35. The lowest BCUT2D eigenvalue weighted by Crippen LogP contribution is -2.44.